The second-order valence-electron chi connectivity index (χ2n) is 12.5. The van der Waals surface area contributed by atoms with E-state index in [0.29, 0.717) is 41.9 Å². The van der Waals surface area contributed by atoms with Gasteiger partial charge >= 0.3 is 5.97 Å². The van der Waals surface area contributed by atoms with Gasteiger partial charge in [-0.2, -0.15) is 0 Å². The first-order chi connectivity index (χ1) is 14.6. The van der Waals surface area contributed by atoms with E-state index < -0.39 is 0 Å². The molecular weight excluding hydrogens is 388 g/mol. The second-order valence-corrected chi connectivity index (χ2v) is 12.5. The smallest absolute Gasteiger partial charge is 0.306 e. The standard InChI is InChI=1S/C27H46O4/c1-16(2)31-24(30)9-6-17(3)20-7-8-21-25-22(11-13-27(20,21)5)26(4)12-10-19(28)14-18(26)15-23(25)29/h16-23,25,28-29H,6-15H2,1-5H3/t17-,18?,19-,20-,21?,22?,23+,25?,26+,27-/m1/s1. The van der Waals surface area contributed by atoms with Crippen LogP contribution in [0, 0.1) is 46.3 Å². The summed E-state index contributed by atoms with van der Waals surface area (Å²) in [6.45, 7) is 11.1. The average molecular weight is 435 g/mol. The van der Waals surface area contributed by atoms with Crippen LogP contribution in [0.1, 0.15) is 98.8 Å². The predicted molar refractivity (Wildman–Crippen MR) is 122 cm³/mol. The lowest BCUT2D eigenvalue weighted by molar-refractivity contribution is -0.174. The summed E-state index contributed by atoms with van der Waals surface area (Å²) in [7, 11) is 0. The van der Waals surface area contributed by atoms with Gasteiger partial charge in [0, 0.05) is 6.42 Å². The number of hydrogen-bond acceptors (Lipinski definition) is 4. The van der Waals surface area contributed by atoms with Gasteiger partial charge in [0.25, 0.3) is 0 Å². The Morgan fingerprint density at radius 1 is 0.968 bits per heavy atom. The van der Waals surface area contributed by atoms with Crippen molar-refractivity contribution in [3.05, 3.63) is 0 Å². The van der Waals surface area contributed by atoms with Crippen molar-refractivity contribution in [1.29, 1.82) is 0 Å². The summed E-state index contributed by atoms with van der Waals surface area (Å²) in [5, 5.41) is 21.6. The third kappa shape index (κ3) is 4.09. The number of aliphatic hydroxyl groups is 2. The molecule has 0 aromatic rings. The van der Waals surface area contributed by atoms with Gasteiger partial charge in [0.15, 0.2) is 0 Å². The monoisotopic (exact) mass is 434 g/mol. The summed E-state index contributed by atoms with van der Waals surface area (Å²) in [6.07, 6.45) is 9.74. The highest BCUT2D eigenvalue weighted by molar-refractivity contribution is 5.69. The summed E-state index contributed by atoms with van der Waals surface area (Å²) in [6, 6.07) is 0. The van der Waals surface area contributed by atoms with Gasteiger partial charge in [-0.15, -0.1) is 0 Å². The van der Waals surface area contributed by atoms with Crippen molar-refractivity contribution in [3.63, 3.8) is 0 Å². The molecule has 0 saturated heterocycles. The fraction of sp³-hybridized carbons (Fsp3) is 0.963. The normalized spacial score (nSPS) is 47.9. The van der Waals surface area contributed by atoms with E-state index in [1.165, 1.54) is 25.7 Å². The van der Waals surface area contributed by atoms with Crippen LogP contribution in [0.15, 0.2) is 0 Å². The van der Waals surface area contributed by atoms with Crippen molar-refractivity contribution in [3.8, 4) is 0 Å². The van der Waals surface area contributed by atoms with E-state index in [4.69, 9.17) is 4.74 Å². The van der Waals surface area contributed by atoms with Crippen molar-refractivity contribution in [2.45, 2.75) is 117 Å². The van der Waals surface area contributed by atoms with Gasteiger partial charge in [0.1, 0.15) is 0 Å². The fourth-order valence-electron chi connectivity index (χ4n) is 9.04. The number of hydrogen-bond donors (Lipinski definition) is 2. The zero-order chi connectivity index (χ0) is 22.6. The Labute approximate surface area is 189 Å². The molecule has 2 N–H and O–H groups in total. The minimum atomic E-state index is -0.215. The maximum atomic E-state index is 12.1. The molecule has 0 amide bonds. The second kappa shape index (κ2) is 8.63. The number of carbonyl (C=O) groups excluding carboxylic acids is 1. The highest BCUT2D eigenvalue weighted by atomic mass is 16.5. The predicted octanol–water partition coefficient (Wildman–Crippen LogP) is 5.34. The molecule has 0 aliphatic heterocycles. The summed E-state index contributed by atoms with van der Waals surface area (Å²) < 4.78 is 5.36. The van der Waals surface area contributed by atoms with E-state index in [9.17, 15) is 15.0 Å². The zero-order valence-electron chi connectivity index (χ0n) is 20.5. The van der Waals surface area contributed by atoms with Crippen LogP contribution in [0.25, 0.3) is 0 Å². The molecule has 4 nitrogen and oxygen atoms in total. The minimum Gasteiger partial charge on any atom is -0.463 e. The van der Waals surface area contributed by atoms with E-state index in [0.717, 1.165) is 32.1 Å². The topological polar surface area (TPSA) is 66.8 Å². The fourth-order valence-corrected chi connectivity index (χ4v) is 9.04. The first-order valence-corrected chi connectivity index (χ1v) is 13.1. The molecule has 4 heteroatoms. The molecule has 4 aliphatic carbocycles. The SMILES string of the molecule is CC(C)OC(=O)CC[C@@H](C)[C@H]1CCC2C3C(CC[C@@]21C)[C@@]1(C)CC[C@@H](O)CC1C[C@@H]3O. The number of carbonyl (C=O) groups is 1. The Balaban J connectivity index is 1.47. The Morgan fingerprint density at radius 2 is 1.65 bits per heavy atom. The molecule has 0 aromatic heterocycles. The molecule has 4 fully saturated rings. The molecule has 0 heterocycles. The molecule has 178 valence electrons. The molecule has 4 saturated carbocycles. The quantitative estimate of drug-likeness (QED) is 0.573. The first kappa shape index (κ1) is 23.5. The molecule has 0 radical (unpaired) electrons. The summed E-state index contributed by atoms with van der Waals surface area (Å²) in [4.78, 5) is 12.1. The molecular formula is C27H46O4. The van der Waals surface area contributed by atoms with Crippen LogP contribution < -0.4 is 0 Å². The summed E-state index contributed by atoms with van der Waals surface area (Å²) in [5.74, 6) is 3.17. The molecule has 31 heavy (non-hydrogen) atoms. The van der Waals surface area contributed by atoms with Crippen LogP contribution in [0.5, 0.6) is 0 Å². The zero-order valence-corrected chi connectivity index (χ0v) is 20.5. The molecule has 0 bridgehead atoms. The van der Waals surface area contributed by atoms with Crippen LogP contribution >= 0.6 is 0 Å². The first-order valence-electron chi connectivity index (χ1n) is 13.1. The Hall–Kier alpha value is -0.610. The van der Waals surface area contributed by atoms with Gasteiger partial charge in [0.2, 0.25) is 0 Å². The van der Waals surface area contributed by atoms with Crippen LogP contribution in [0.2, 0.25) is 0 Å². The van der Waals surface area contributed by atoms with E-state index in [-0.39, 0.29) is 35.1 Å². The van der Waals surface area contributed by atoms with Crippen molar-refractivity contribution in [2.24, 2.45) is 46.3 Å². The largest absolute Gasteiger partial charge is 0.463 e. The van der Waals surface area contributed by atoms with Gasteiger partial charge in [-0.1, -0.05) is 20.8 Å². The lowest BCUT2D eigenvalue weighted by atomic mass is 9.43. The van der Waals surface area contributed by atoms with Crippen LogP contribution in [-0.4, -0.2) is 34.5 Å². The van der Waals surface area contributed by atoms with E-state index in [1.807, 2.05) is 13.8 Å². The molecule has 4 unspecified atom stereocenters. The van der Waals surface area contributed by atoms with Crippen molar-refractivity contribution < 1.29 is 19.7 Å². The Bertz CT molecular complexity index is 662. The summed E-state index contributed by atoms with van der Waals surface area (Å²) >= 11 is 0. The van der Waals surface area contributed by atoms with Crippen LogP contribution in [0.4, 0.5) is 0 Å². The molecule has 4 rings (SSSR count). The van der Waals surface area contributed by atoms with Gasteiger partial charge in [-0.3, -0.25) is 4.79 Å². The minimum absolute atomic E-state index is 0.0367. The van der Waals surface area contributed by atoms with Crippen molar-refractivity contribution >= 4 is 5.97 Å². The Morgan fingerprint density at radius 3 is 2.35 bits per heavy atom. The van der Waals surface area contributed by atoms with Gasteiger partial charge in [0.05, 0.1) is 18.3 Å². The van der Waals surface area contributed by atoms with Gasteiger partial charge < -0.3 is 14.9 Å². The lowest BCUT2D eigenvalue weighted by Gasteiger charge is -2.62. The highest BCUT2D eigenvalue weighted by Crippen LogP contribution is 2.68. The van der Waals surface area contributed by atoms with E-state index >= 15 is 0 Å². The maximum absolute atomic E-state index is 12.1. The average Bonchev–Trinajstić information content (AvgIpc) is 3.04. The lowest BCUT2D eigenvalue weighted by Crippen LogP contribution is -2.58. The number of aliphatic hydroxyl groups excluding tert-OH is 2. The Kier molecular flexibility index (Phi) is 6.55. The van der Waals surface area contributed by atoms with Crippen LogP contribution in [0.3, 0.4) is 0 Å². The maximum Gasteiger partial charge on any atom is 0.306 e. The third-order valence-corrected chi connectivity index (χ3v) is 10.6. The highest BCUT2D eigenvalue weighted by Gasteiger charge is 2.62. The van der Waals surface area contributed by atoms with Crippen molar-refractivity contribution in [1.82, 2.24) is 0 Å². The van der Waals surface area contributed by atoms with E-state index in [2.05, 4.69) is 20.8 Å². The van der Waals surface area contributed by atoms with Gasteiger partial charge in [-0.25, -0.2) is 0 Å². The van der Waals surface area contributed by atoms with Crippen molar-refractivity contribution in [2.75, 3.05) is 0 Å². The molecule has 4 aliphatic rings. The number of rotatable bonds is 5. The number of fused-ring (bicyclic) bond motifs is 5. The third-order valence-electron chi connectivity index (χ3n) is 10.6. The molecule has 10 atom stereocenters. The number of esters is 1. The van der Waals surface area contributed by atoms with Gasteiger partial charge in [-0.05, 0) is 118 Å². The summed E-state index contributed by atoms with van der Waals surface area (Å²) in [5.41, 5.74) is 0.565. The molecule has 0 aromatic carbocycles. The number of ether oxygens (including phenoxy) is 1. The van der Waals surface area contributed by atoms with Crippen LogP contribution in [-0.2, 0) is 9.53 Å². The van der Waals surface area contributed by atoms with E-state index in [1.54, 1.807) is 0 Å². The molecule has 0 spiro atoms.